The number of carbonyl (C=O) groups is 1. The van der Waals surface area contributed by atoms with E-state index < -0.39 is 11.6 Å². The van der Waals surface area contributed by atoms with Crippen LogP contribution >= 0.6 is 12.4 Å². The number of pyridine rings is 1. The first-order valence-electron chi connectivity index (χ1n) is 9.09. The molecule has 0 saturated carbocycles. The summed E-state index contributed by atoms with van der Waals surface area (Å²) in [5.41, 5.74) is 0.871. The summed E-state index contributed by atoms with van der Waals surface area (Å²) in [6.45, 7) is 2.54. The van der Waals surface area contributed by atoms with Gasteiger partial charge in [-0.15, -0.1) is 12.4 Å². The van der Waals surface area contributed by atoms with E-state index in [1.54, 1.807) is 6.20 Å². The molecule has 146 valence electrons. The third-order valence-electron chi connectivity index (χ3n) is 4.25. The number of aromatic nitrogens is 1. The van der Waals surface area contributed by atoms with Crippen LogP contribution in [0.4, 0.5) is 0 Å². The van der Waals surface area contributed by atoms with Gasteiger partial charge in [0.2, 0.25) is 5.60 Å². The second kappa shape index (κ2) is 10.6. The number of hydrogen-bond donors (Lipinski definition) is 0. The van der Waals surface area contributed by atoms with Gasteiger partial charge in [0, 0.05) is 12.8 Å². The predicted octanol–water partition coefficient (Wildman–Crippen LogP) is 4.92. The Morgan fingerprint density at radius 1 is 0.893 bits per heavy atom. The van der Waals surface area contributed by atoms with E-state index in [0.29, 0.717) is 12.3 Å². The number of esters is 1. The van der Waals surface area contributed by atoms with Crippen molar-refractivity contribution >= 4 is 18.4 Å². The summed E-state index contributed by atoms with van der Waals surface area (Å²) in [5, 5.41) is 0. The minimum atomic E-state index is -1.31. The number of benzene rings is 2. The molecule has 0 fully saturated rings. The van der Waals surface area contributed by atoms with Gasteiger partial charge in [-0.3, -0.25) is 4.98 Å². The highest BCUT2D eigenvalue weighted by Gasteiger charge is 2.45. The number of carbonyl (C=O) groups excluding carboxylic acids is 1. The molecular weight excluding hydrogens is 374 g/mol. The Balaban J connectivity index is 0.00000280. The van der Waals surface area contributed by atoms with Crippen molar-refractivity contribution in [1.82, 2.24) is 4.98 Å². The Bertz CT molecular complexity index is 802. The van der Waals surface area contributed by atoms with E-state index in [4.69, 9.17) is 9.47 Å². The lowest BCUT2D eigenvalue weighted by Crippen LogP contribution is -2.41. The van der Waals surface area contributed by atoms with Crippen LogP contribution in [-0.4, -0.2) is 17.6 Å². The van der Waals surface area contributed by atoms with Crippen LogP contribution in [0.1, 0.15) is 30.2 Å². The number of rotatable bonds is 8. The molecule has 0 atom stereocenters. The largest absolute Gasteiger partial charge is 0.457 e. The molecule has 0 bridgehead atoms. The quantitative estimate of drug-likeness (QED) is 0.506. The summed E-state index contributed by atoms with van der Waals surface area (Å²) >= 11 is 0. The highest BCUT2D eigenvalue weighted by molar-refractivity contribution is 5.86. The fourth-order valence-electron chi connectivity index (χ4n) is 2.95. The van der Waals surface area contributed by atoms with Gasteiger partial charge in [-0.2, -0.15) is 0 Å². The van der Waals surface area contributed by atoms with Crippen molar-refractivity contribution in [3.05, 3.63) is 102 Å². The summed E-state index contributed by atoms with van der Waals surface area (Å²) in [6, 6.07) is 24.5. The first-order valence-corrected chi connectivity index (χ1v) is 9.09. The summed E-state index contributed by atoms with van der Waals surface area (Å²) in [6.07, 6.45) is 2.47. The van der Waals surface area contributed by atoms with Crippen LogP contribution in [0.3, 0.4) is 0 Å². The van der Waals surface area contributed by atoms with Crippen LogP contribution in [0.2, 0.25) is 0 Å². The summed E-state index contributed by atoms with van der Waals surface area (Å²) in [5.74, 6) is -0.445. The molecule has 0 spiro atoms. The summed E-state index contributed by atoms with van der Waals surface area (Å²) < 4.78 is 11.9. The third-order valence-corrected chi connectivity index (χ3v) is 4.25. The zero-order valence-corrected chi connectivity index (χ0v) is 16.6. The normalized spacial score (nSPS) is 10.8. The molecule has 28 heavy (non-hydrogen) atoms. The number of halogens is 1. The smallest absolute Gasteiger partial charge is 0.348 e. The van der Waals surface area contributed by atoms with Crippen LogP contribution in [0.15, 0.2) is 85.1 Å². The number of hydrogen-bond acceptors (Lipinski definition) is 4. The Kier molecular flexibility index (Phi) is 8.18. The zero-order valence-electron chi connectivity index (χ0n) is 15.8. The van der Waals surface area contributed by atoms with E-state index in [0.717, 1.165) is 17.5 Å². The van der Waals surface area contributed by atoms with Crippen molar-refractivity contribution in [2.24, 2.45) is 0 Å². The van der Waals surface area contributed by atoms with Gasteiger partial charge in [-0.25, -0.2) is 4.79 Å². The van der Waals surface area contributed by atoms with E-state index in [9.17, 15) is 4.79 Å². The topological polar surface area (TPSA) is 48.4 Å². The van der Waals surface area contributed by atoms with Crippen molar-refractivity contribution in [1.29, 1.82) is 0 Å². The minimum Gasteiger partial charge on any atom is -0.457 e. The van der Waals surface area contributed by atoms with E-state index in [1.165, 1.54) is 0 Å². The van der Waals surface area contributed by atoms with Crippen molar-refractivity contribution in [3.63, 3.8) is 0 Å². The van der Waals surface area contributed by atoms with Gasteiger partial charge in [0.05, 0.1) is 5.69 Å². The number of ether oxygens (including phenoxy) is 2. The Morgan fingerprint density at radius 3 is 1.96 bits per heavy atom. The minimum absolute atomic E-state index is 0. The first-order chi connectivity index (χ1) is 13.3. The van der Waals surface area contributed by atoms with Crippen LogP contribution in [0.5, 0.6) is 0 Å². The second-order valence-corrected chi connectivity index (χ2v) is 6.16. The molecule has 0 aliphatic carbocycles. The molecule has 3 aromatic rings. The maximum Gasteiger partial charge on any atom is 0.348 e. The molecular formula is C23H24ClNO3. The molecule has 0 N–H and O–H groups in total. The lowest BCUT2D eigenvalue weighted by molar-refractivity contribution is -0.170. The zero-order chi connectivity index (χ0) is 19.0. The van der Waals surface area contributed by atoms with Gasteiger partial charge in [-0.1, -0.05) is 73.7 Å². The van der Waals surface area contributed by atoms with Crippen LogP contribution < -0.4 is 0 Å². The van der Waals surface area contributed by atoms with Gasteiger partial charge in [-0.05, 0) is 29.7 Å². The lowest BCUT2D eigenvalue weighted by atomic mass is 9.86. The fraction of sp³-hybridized carbons (Fsp3) is 0.217. The Morgan fingerprint density at radius 2 is 1.46 bits per heavy atom. The van der Waals surface area contributed by atoms with E-state index in [-0.39, 0.29) is 19.0 Å². The van der Waals surface area contributed by atoms with E-state index in [1.807, 2.05) is 85.8 Å². The molecule has 0 unspecified atom stereocenters. The molecule has 0 radical (unpaired) electrons. The van der Waals surface area contributed by atoms with E-state index >= 15 is 0 Å². The van der Waals surface area contributed by atoms with Gasteiger partial charge >= 0.3 is 5.97 Å². The Hall–Kier alpha value is -2.69. The van der Waals surface area contributed by atoms with Crippen molar-refractivity contribution in [2.75, 3.05) is 6.61 Å². The SMILES string of the molecule is CCCOC(C(=O)OCc1ccccn1)(c1ccccc1)c1ccccc1.Cl. The second-order valence-electron chi connectivity index (χ2n) is 6.16. The van der Waals surface area contributed by atoms with E-state index in [2.05, 4.69) is 4.98 Å². The molecule has 0 aliphatic heterocycles. The van der Waals surface area contributed by atoms with Crippen LogP contribution in [0, 0.1) is 0 Å². The molecule has 4 nitrogen and oxygen atoms in total. The van der Waals surface area contributed by atoms with Gasteiger partial charge in [0.25, 0.3) is 0 Å². The molecule has 0 amide bonds. The highest BCUT2D eigenvalue weighted by Crippen LogP contribution is 2.35. The highest BCUT2D eigenvalue weighted by atomic mass is 35.5. The average Bonchev–Trinajstić information content (AvgIpc) is 2.75. The van der Waals surface area contributed by atoms with Gasteiger partial charge < -0.3 is 9.47 Å². The molecule has 0 aliphatic rings. The maximum atomic E-state index is 13.4. The molecule has 1 heterocycles. The van der Waals surface area contributed by atoms with Crippen LogP contribution in [-0.2, 0) is 26.5 Å². The molecule has 2 aromatic carbocycles. The summed E-state index contributed by atoms with van der Waals surface area (Å²) in [7, 11) is 0. The summed E-state index contributed by atoms with van der Waals surface area (Å²) in [4.78, 5) is 17.6. The number of nitrogens with zero attached hydrogens (tertiary/aromatic N) is 1. The van der Waals surface area contributed by atoms with Crippen LogP contribution in [0.25, 0.3) is 0 Å². The maximum absolute atomic E-state index is 13.4. The molecule has 0 saturated heterocycles. The average molecular weight is 398 g/mol. The molecule has 1 aromatic heterocycles. The fourth-order valence-corrected chi connectivity index (χ4v) is 2.95. The Labute approximate surface area is 171 Å². The predicted molar refractivity (Wildman–Crippen MR) is 111 cm³/mol. The van der Waals surface area contributed by atoms with Gasteiger partial charge in [0.1, 0.15) is 6.61 Å². The molecule has 5 heteroatoms. The lowest BCUT2D eigenvalue weighted by Gasteiger charge is -2.32. The van der Waals surface area contributed by atoms with Crippen molar-refractivity contribution in [2.45, 2.75) is 25.6 Å². The monoisotopic (exact) mass is 397 g/mol. The molecule has 3 rings (SSSR count). The standard InChI is InChI=1S/C23H23NO3.ClH/c1-2-17-27-23(19-11-5-3-6-12-19,20-13-7-4-8-14-20)22(25)26-18-21-15-9-10-16-24-21;/h3-16H,2,17-18H2,1H3;1H. The first kappa shape index (κ1) is 21.6. The third kappa shape index (κ3) is 4.77. The van der Waals surface area contributed by atoms with Crippen molar-refractivity contribution in [3.8, 4) is 0 Å². The van der Waals surface area contributed by atoms with Crippen molar-refractivity contribution < 1.29 is 14.3 Å². The van der Waals surface area contributed by atoms with Gasteiger partial charge in [0.15, 0.2) is 0 Å².